The first-order chi connectivity index (χ1) is 8.83. The van der Waals surface area contributed by atoms with Crippen LogP contribution in [-0.4, -0.2) is 15.2 Å². The molecular formula is C14H10BrN3. The third-order valence-corrected chi connectivity index (χ3v) is 3.19. The summed E-state index contributed by atoms with van der Waals surface area (Å²) in [5, 5.41) is 7.32. The van der Waals surface area contributed by atoms with Gasteiger partial charge in [-0.1, -0.05) is 34.1 Å². The number of H-pyrrole nitrogens is 1. The molecule has 0 fully saturated rings. The Bertz CT molecular complexity index is 644. The summed E-state index contributed by atoms with van der Waals surface area (Å²) in [6.45, 7) is 0. The van der Waals surface area contributed by atoms with Crippen molar-refractivity contribution in [3.63, 3.8) is 0 Å². The molecule has 0 radical (unpaired) electrons. The van der Waals surface area contributed by atoms with Crippen molar-refractivity contribution in [1.29, 1.82) is 0 Å². The summed E-state index contributed by atoms with van der Waals surface area (Å²) in [6.07, 6.45) is 1.77. The highest BCUT2D eigenvalue weighted by Crippen LogP contribution is 2.23. The van der Waals surface area contributed by atoms with Gasteiger partial charge in [0.15, 0.2) is 0 Å². The van der Waals surface area contributed by atoms with Gasteiger partial charge in [0, 0.05) is 16.2 Å². The number of aromatic nitrogens is 3. The zero-order valence-electron chi connectivity index (χ0n) is 9.47. The second-order valence-electron chi connectivity index (χ2n) is 3.89. The minimum Gasteiger partial charge on any atom is -0.276 e. The van der Waals surface area contributed by atoms with Gasteiger partial charge in [-0.3, -0.25) is 10.1 Å². The van der Waals surface area contributed by atoms with Crippen LogP contribution in [0.15, 0.2) is 59.2 Å². The van der Waals surface area contributed by atoms with Crippen molar-refractivity contribution < 1.29 is 0 Å². The van der Waals surface area contributed by atoms with Gasteiger partial charge in [0.2, 0.25) is 0 Å². The maximum Gasteiger partial charge on any atom is 0.0927 e. The number of nitrogens with zero attached hydrogens (tertiary/aromatic N) is 2. The maximum atomic E-state index is 4.31. The van der Waals surface area contributed by atoms with E-state index in [1.807, 2.05) is 48.5 Å². The van der Waals surface area contributed by atoms with E-state index in [0.29, 0.717) is 0 Å². The molecule has 0 atom stereocenters. The lowest BCUT2D eigenvalue weighted by molar-refractivity contribution is 1.09. The fourth-order valence-corrected chi connectivity index (χ4v) is 2.01. The van der Waals surface area contributed by atoms with Gasteiger partial charge in [-0.2, -0.15) is 5.10 Å². The molecule has 3 nitrogen and oxygen atoms in total. The molecule has 1 N–H and O–H groups in total. The van der Waals surface area contributed by atoms with E-state index in [0.717, 1.165) is 27.1 Å². The summed E-state index contributed by atoms with van der Waals surface area (Å²) in [5.41, 5.74) is 3.82. The highest BCUT2D eigenvalue weighted by molar-refractivity contribution is 9.10. The summed E-state index contributed by atoms with van der Waals surface area (Å²) >= 11 is 3.42. The second-order valence-corrected chi connectivity index (χ2v) is 4.80. The van der Waals surface area contributed by atoms with E-state index >= 15 is 0 Å². The molecule has 0 aliphatic heterocycles. The van der Waals surface area contributed by atoms with Crippen LogP contribution in [0.4, 0.5) is 0 Å². The van der Waals surface area contributed by atoms with E-state index in [1.54, 1.807) is 6.20 Å². The van der Waals surface area contributed by atoms with Crippen LogP contribution in [0.5, 0.6) is 0 Å². The number of hydrogen-bond acceptors (Lipinski definition) is 2. The van der Waals surface area contributed by atoms with Gasteiger partial charge in [0.05, 0.1) is 17.1 Å². The summed E-state index contributed by atoms with van der Waals surface area (Å²) in [5.74, 6) is 0. The van der Waals surface area contributed by atoms with Gasteiger partial charge >= 0.3 is 0 Å². The largest absolute Gasteiger partial charge is 0.276 e. The lowest BCUT2D eigenvalue weighted by Crippen LogP contribution is -1.80. The van der Waals surface area contributed by atoms with Crippen LogP contribution in [0.1, 0.15) is 0 Å². The molecule has 0 aliphatic carbocycles. The Morgan fingerprint density at radius 2 is 1.78 bits per heavy atom. The average Bonchev–Trinajstić information content (AvgIpc) is 2.90. The molecule has 0 saturated carbocycles. The van der Waals surface area contributed by atoms with Crippen molar-refractivity contribution in [2.75, 3.05) is 0 Å². The molecule has 0 bridgehead atoms. The zero-order chi connectivity index (χ0) is 12.4. The molecule has 2 aromatic heterocycles. The fourth-order valence-electron chi connectivity index (χ4n) is 1.74. The highest BCUT2D eigenvalue weighted by atomic mass is 79.9. The Morgan fingerprint density at radius 3 is 2.50 bits per heavy atom. The molecule has 18 heavy (non-hydrogen) atoms. The van der Waals surface area contributed by atoms with Crippen LogP contribution in [0.3, 0.4) is 0 Å². The lowest BCUT2D eigenvalue weighted by Gasteiger charge is -1.95. The first kappa shape index (κ1) is 11.2. The number of pyridine rings is 1. The zero-order valence-corrected chi connectivity index (χ0v) is 11.1. The van der Waals surface area contributed by atoms with Gasteiger partial charge in [-0.15, -0.1) is 0 Å². The van der Waals surface area contributed by atoms with Crippen molar-refractivity contribution in [2.45, 2.75) is 0 Å². The molecule has 0 saturated heterocycles. The van der Waals surface area contributed by atoms with Gasteiger partial charge < -0.3 is 0 Å². The van der Waals surface area contributed by atoms with Crippen LogP contribution in [-0.2, 0) is 0 Å². The SMILES string of the molecule is Brc1ccc(-c2cc(-c3ccccn3)[nH]n2)cc1. The summed E-state index contributed by atoms with van der Waals surface area (Å²) in [7, 11) is 0. The molecule has 0 amide bonds. The van der Waals surface area contributed by atoms with Crippen LogP contribution in [0.2, 0.25) is 0 Å². The first-order valence-corrected chi connectivity index (χ1v) is 6.35. The predicted octanol–water partition coefficient (Wildman–Crippen LogP) is 3.90. The third-order valence-electron chi connectivity index (χ3n) is 2.66. The Hall–Kier alpha value is -1.94. The van der Waals surface area contributed by atoms with Crippen molar-refractivity contribution in [2.24, 2.45) is 0 Å². The summed E-state index contributed by atoms with van der Waals surface area (Å²) in [6, 6.07) is 15.9. The van der Waals surface area contributed by atoms with E-state index < -0.39 is 0 Å². The molecule has 4 heteroatoms. The monoisotopic (exact) mass is 299 g/mol. The van der Waals surface area contributed by atoms with Crippen LogP contribution < -0.4 is 0 Å². The fraction of sp³-hybridized carbons (Fsp3) is 0. The molecule has 3 rings (SSSR count). The Labute approximate surface area is 113 Å². The lowest BCUT2D eigenvalue weighted by atomic mass is 10.1. The normalized spacial score (nSPS) is 10.5. The molecule has 1 aromatic carbocycles. The quantitative estimate of drug-likeness (QED) is 0.780. The predicted molar refractivity (Wildman–Crippen MR) is 75.0 cm³/mol. The third kappa shape index (κ3) is 2.19. The van der Waals surface area contributed by atoms with Crippen molar-refractivity contribution >= 4 is 15.9 Å². The number of benzene rings is 1. The van der Waals surface area contributed by atoms with Crippen LogP contribution >= 0.6 is 15.9 Å². The van der Waals surface area contributed by atoms with Crippen LogP contribution in [0, 0.1) is 0 Å². The second kappa shape index (κ2) is 4.74. The maximum absolute atomic E-state index is 4.31. The van der Waals surface area contributed by atoms with E-state index in [4.69, 9.17) is 0 Å². The van der Waals surface area contributed by atoms with E-state index in [-0.39, 0.29) is 0 Å². The minimum absolute atomic E-state index is 0.897. The van der Waals surface area contributed by atoms with Gasteiger partial charge in [-0.05, 0) is 30.3 Å². The molecular weight excluding hydrogens is 290 g/mol. The van der Waals surface area contributed by atoms with Crippen molar-refractivity contribution in [3.05, 3.63) is 59.2 Å². The number of rotatable bonds is 2. The van der Waals surface area contributed by atoms with Crippen LogP contribution in [0.25, 0.3) is 22.6 Å². The molecule has 0 spiro atoms. The van der Waals surface area contributed by atoms with E-state index in [9.17, 15) is 0 Å². The number of halogens is 1. The molecule has 3 aromatic rings. The Kier molecular flexibility index (Phi) is 2.94. The van der Waals surface area contributed by atoms with E-state index in [1.165, 1.54) is 0 Å². The molecule has 0 unspecified atom stereocenters. The first-order valence-electron chi connectivity index (χ1n) is 5.56. The van der Waals surface area contributed by atoms with Gasteiger partial charge in [-0.25, -0.2) is 0 Å². The summed E-state index contributed by atoms with van der Waals surface area (Å²) < 4.78 is 1.06. The molecule has 0 aliphatic rings. The summed E-state index contributed by atoms with van der Waals surface area (Å²) in [4.78, 5) is 4.29. The molecule has 2 heterocycles. The smallest absolute Gasteiger partial charge is 0.0927 e. The Balaban J connectivity index is 1.97. The molecule has 88 valence electrons. The topological polar surface area (TPSA) is 41.6 Å². The van der Waals surface area contributed by atoms with Gasteiger partial charge in [0.1, 0.15) is 0 Å². The van der Waals surface area contributed by atoms with E-state index in [2.05, 4.69) is 31.1 Å². The number of nitrogens with one attached hydrogen (secondary N) is 1. The van der Waals surface area contributed by atoms with Gasteiger partial charge in [0.25, 0.3) is 0 Å². The standard InChI is InChI=1S/C14H10BrN3/c15-11-6-4-10(5-7-11)13-9-14(18-17-13)12-3-1-2-8-16-12/h1-9H,(H,17,18). The average molecular weight is 300 g/mol. The van der Waals surface area contributed by atoms with Crippen molar-refractivity contribution in [3.8, 4) is 22.6 Å². The number of hydrogen-bond donors (Lipinski definition) is 1. The number of aromatic amines is 1. The highest BCUT2D eigenvalue weighted by Gasteiger charge is 2.05. The minimum atomic E-state index is 0.897. The van der Waals surface area contributed by atoms with Crippen molar-refractivity contribution in [1.82, 2.24) is 15.2 Å². The Morgan fingerprint density at radius 1 is 0.944 bits per heavy atom.